The summed E-state index contributed by atoms with van der Waals surface area (Å²) in [5.74, 6) is 0.156. The number of anilines is 1. The molecule has 0 amide bonds. The number of nitrogens with zero attached hydrogens (tertiary/aromatic N) is 2. The Morgan fingerprint density at radius 3 is 2.76 bits per heavy atom. The second-order valence-electron chi connectivity index (χ2n) is 5.97. The minimum Gasteiger partial charge on any atom is -0.394 e. The highest BCUT2D eigenvalue weighted by Gasteiger charge is 2.37. The SMILES string of the molecule is Cc1cn([C@@H]2CO[C@H](CO)[C@@H](O)[C@H](c3ccccc3)O2)c(=O)nc1N. The van der Waals surface area contributed by atoms with Crippen LogP contribution in [0.25, 0.3) is 0 Å². The first-order chi connectivity index (χ1) is 12.0. The zero-order chi connectivity index (χ0) is 18.0. The molecule has 1 aliphatic rings. The van der Waals surface area contributed by atoms with Crippen molar-refractivity contribution < 1.29 is 19.7 Å². The lowest BCUT2D eigenvalue weighted by molar-refractivity contribution is -0.0986. The highest BCUT2D eigenvalue weighted by Crippen LogP contribution is 2.32. The average molecular weight is 347 g/mol. The van der Waals surface area contributed by atoms with E-state index in [1.165, 1.54) is 4.57 Å². The Morgan fingerprint density at radius 1 is 1.36 bits per heavy atom. The maximum Gasteiger partial charge on any atom is 0.351 e. The summed E-state index contributed by atoms with van der Waals surface area (Å²) in [6.07, 6.45) is -1.94. The molecule has 1 aromatic carbocycles. The molecule has 0 radical (unpaired) electrons. The monoisotopic (exact) mass is 347 g/mol. The molecule has 3 rings (SSSR count). The summed E-state index contributed by atoms with van der Waals surface area (Å²) in [4.78, 5) is 16.0. The number of nitrogens with two attached hydrogens (primary N) is 1. The highest BCUT2D eigenvalue weighted by atomic mass is 16.6. The van der Waals surface area contributed by atoms with Crippen LogP contribution in [0.2, 0.25) is 0 Å². The predicted molar refractivity (Wildman–Crippen MR) is 89.8 cm³/mol. The first kappa shape index (κ1) is 17.6. The van der Waals surface area contributed by atoms with Crippen molar-refractivity contribution in [2.75, 3.05) is 18.9 Å². The Hall–Kier alpha value is -2.26. The van der Waals surface area contributed by atoms with Crippen LogP contribution in [0.1, 0.15) is 23.5 Å². The molecule has 2 heterocycles. The Bertz CT molecular complexity index is 780. The molecular formula is C17H21N3O5. The van der Waals surface area contributed by atoms with E-state index in [1.807, 2.05) is 18.2 Å². The van der Waals surface area contributed by atoms with Crippen molar-refractivity contribution in [3.63, 3.8) is 0 Å². The van der Waals surface area contributed by atoms with Crippen LogP contribution in [-0.4, -0.2) is 45.2 Å². The van der Waals surface area contributed by atoms with Crippen LogP contribution in [-0.2, 0) is 9.47 Å². The Morgan fingerprint density at radius 2 is 2.08 bits per heavy atom. The third-order valence-corrected chi connectivity index (χ3v) is 4.24. The molecule has 1 aliphatic heterocycles. The van der Waals surface area contributed by atoms with E-state index in [1.54, 1.807) is 25.3 Å². The van der Waals surface area contributed by atoms with Gasteiger partial charge in [0.2, 0.25) is 0 Å². The lowest BCUT2D eigenvalue weighted by atomic mass is 10.0. The maximum atomic E-state index is 12.2. The third kappa shape index (κ3) is 3.57. The number of hydrogen-bond donors (Lipinski definition) is 3. The topological polar surface area (TPSA) is 120 Å². The molecule has 8 heteroatoms. The minimum absolute atomic E-state index is 0.0173. The van der Waals surface area contributed by atoms with E-state index in [-0.39, 0.29) is 19.0 Å². The van der Waals surface area contributed by atoms with Crippen LogP contribution in [0, 0.1) is 6.92 Å². The summed E-state index contributed by atoms with van der Waals surface area (Å²) in [6.45, 7) is 1.35. The predicted octanol–water partition coefficient (Wildman–Crippen LogP) is 0.142. The van der Waals surface area contributed by atoms with Crippen LogP contribution in [0.15, 0.2) is 41.3 Å². The molecule has 4 N–H and O–H groups in total. The lowest BCUT2D eigenvalue weighted by Crippen LogP contribution is -2.35. The van der Waals surface area contributed by atoms with Gasteiger partial charge in [-0.15, -0.1) is 0 Å². The number of nitrogen functional groups attached to an aromatic ring is 1. The largest absolute Gasteiger partial charge is 0.394 e. The molecule has 0 aliphatic carbocycles. The number of hydrogen-bond acceptors (Lipinski definition) is 7. The van der Waals surface area contributed by atoms with Gasteiger partial charge in [-0.1, -0.05) is 30.3 Å². The van der Waals surface area contributed by atoms with Gasteiger partial charge in [-0.05, 0) is 12.5 Å². The second kappa shape index (κ2) is 7.32. The van der Waals surface area contributed by atoms with Crippen molar-refractivity contribution in [3.8, 4) is 0 Å². The van der Waals surface area contributed by atoms with Crippen molar-refractivity contribution >= 4 is 5.82 Å². The van der Waals surface area contributed by atoms with E-state index in [4.69, 9.17) is 15.2 Å². The van der Waals surface area contributed by atoms with Crippen molar-refractivity contribution in [2.24, 2.45) is 0 Å². The highest BCUT2D eigenvalue weighted by molar-refractivity contribution is 5.35. The van der Waals surface area contributed by atoms with Crippen molar-refractivity contribution in [1.82, 2.24) is 9.55 Å². The van der Waals surface area contributed by atoms with Crippen LogP contribution in [0.4, 0.5) is 5.82 Å². The fourth-order valence-corrected chi connectivity index (χ4v) is 2.80. The molecule has 134 valence electrons. The fraction of sp³-hybridized carbons (Fsp3) is 0.412. The molecular weight excluding hydrogens is 326 g/mol. The summed E-state index contributed by atoms with van der Waals surface area (Å²) in [6, 6.07) is 9.10. The average Bonchev–Trinajstić information content (AvgIpc) is 2.78. The van der Waals surface area contributed by atoms with Gasteiger partial charge in [0.25, 0.3) is 0 Å². The second-order valence-corrected chi connectivity index (χ2v) is 5.97. The summed E-state index contributed by atoms with van der Waals surface area (Å²) < 4.78 is 12.8. The van der Waals surface area contributed by atoms with Gasteiger partial charge in [0.15, 0.2) is 6.23 Å². The van der Waals surface area contributed by atoms with Crippen molar-refractivity contribution in [2.45, 2.75) is 31.5 Å². The third-order valence-electron chi connectivity index (χ3n) is 4.24. The standard InChI is InChI=1S/C17H21N3O5/c1-10-7-20(17(23)19-16(10)18)13-9-24-12(8-21)14(22)15(25-13)11-5-3-2-4-6-11/h2-7,12-15,21-22H,8-9H2,1H3,(H2,18,19,23)/t12-,13+,14-,15+/m1/s1. The minimum atomic E-state index is -1.09. The lowest BCUT2D eigenvalue weighted by Gasteiger charge is -2.26. The molecule has 0 bridgehead atoms. The molecule has 25 heavy (non-hydrogen) atoms. The molecule has 8 nitrogen and oxygen atoms in total. The molecule has 0 unspecified atom stereocenters. The number of aryl methyl sites for hydroxylation is 1. The normalized spacial score (nSPS) is 27.0. The zero-order valence-electron chi connectivity index (χ0n) is 13.8. The van der Waals surface area contributed by atoms with Crippen LogP contribution in [0.5, 0.6) is 0 Å². The first-order valence-electron chi connectivity index (χ1n) is 7.97. The number of rotatable bonds is 3. The van der Waals surface area contributed by atoms with E-state index < -0.39 is 30.2 Å². The van der Waals surface area contributed by atoms with E-state index in [2.05, 4.69) is 4.98 Å². The summed E-state index contributed by atoms with van der Waals surface area (Å²) in [7, 11) is 0. The molecule has 4 atom stereocenters. The van der Waals surface area contributed by atoms with E-state index in [0.29, 0.717) is 5.56 Å². The van der Waals surface area contributed by atoms with Gasteiger partial charge < -0.3 is 25.4 Å². The quantitative estimate of drug-likeness (QED) is 0.722. The Labute approximate surface area is 144 Å². The van der Waals surface area contributed by atoms with Gasteiger partial charge in [0.1, 0.15) is 24.1 Å². The smallest absolute Gasteiger partial charge is 0.351 e. The molecule has 0 spiro atoms. The molecule has 0 saturated carbocycles. The number of ether oxygens (including phenoxy) is 2. The van der Waals surface area contributed by atoms with Gasteiger partial charge >= 0.3 is 5.69 Å². The van der Waals surface area contributed by atoms with Crippen molar-refractivity contribution in [1.29, 1.82) is 0 Å². The van der Waals surface area contributed by atoms with Gasteiger partial charge in [-0.25, -0.2) is 4.79 Å². The van der Waals surface area contributed by atoms with Crippen molar-refractivity contribution in [3.05, 3.63) is 58.1 Å². The van der Waals surface area contributed by atoms with Gasteiger partial charge in [0.05, 0.1) is 13.2 Å². The van der Waals surface area contributed by atoms with Gasteiger partial charge in [0, 0.05) is 11.8 Å². The van der Waals surface area contributed by atoms with Crippen LogP contribution < -0.4 is 11.4 Å². The van der Waals surface area contributed by atoms with E-state index in [0.717, 1.165) is 5.56 Å². The number of aromatic nitrogens is 2. The van der Waals surface area contributed by atoms with Crippen LogP contribution >= 0.6 is 0 Å². The molecule has 1 saturated heterocycles. The Kier molecular flexibility index (Phi) is 5.14. The summed E-state index contributed by atoms with van der Waals surface area (Å²) >= 11 is 0. The van der Waals surface area contributed by atoms with Gasteiger partial charge in [-0.2, -0.15) is 4.98 Å². The molecule has 1 aromatic heterocycles. The Balaban J connectivity index is 1.99. The zero-order valence-corrected chi connectivity index (χ0v) is 13.8. The molecule has 2 aromatic rings. The van der Waals surface area contributed by atoms with E-state index >= 15 is 0 Å². The van der Waals surface area contributed by atoms with Crippen LogP contribution in [0.3, 0.4) is 0 Å². The maximum absolute atomic E-state index is 12.2. The number of aliphatic hydroxyl groups is 2. The number of aliphatic hydroxyl groups excluding tert-OH is 2. The van der Waals surface area contributed by atoms with E-state index in [9.17, 15) is 15.0 Å². The van der Waals surface area contributed by atoms with Gasteiger partial charge in [-0.3, -0.25) is 4.57 Å². The summed E-state index contributed by atoms with van der Waals surface area (Å²) in [5.41, 5.74) is 6.44. The molecule has 1 fully saturated rings. The first-order valence-corrected chi connectivity index (χ1v) is 7.97. The summed E-state index contributed by atoms with van der Waals surface area (Å²) in [5, 5.41) is 20.1. The number of benzene rings is 1. The fourth-order valence-electron chi connectivity index (χ4n) is 2.80.